The van der Waals surface area contributed by atoms with E-state index in [2.05, 4.69) is 0 Å². The summed E-state index contributed by atoms with van der Waals surface area (Å²) in [6.45, 7) is 4.54. The summed E-state index contributed by atoms with van der Waals surface area (Å²) in [5, 5.41) is 8.52. The van der Waals surface area contributed by atoms with E-state index in [4.69, 9.17) is 9.84 Å². The third kappa shape index (κ3) is 3.96. The van der Waals surface area contributed by atoms with Crippen LogP contribution in [0.1, 0.15) is 30.2 Å². The van der Waals surface area contributed by atoms with Crippen LogP contribution in [-0.4, -0.2) is 29.8 Å². The number of ether oxygens (including phenoxy) is 1. The Morgan fingerprint density at radius 1 is 1.40 bits per heavy atom. The summed E-state index contributed by atoms with van der Waals surface area (Å²) < 4.78 is 18.2. The van der Waals surface area contributed by atoms with Crippen molar-refractivity contribution in [1.82, 2.24) is 5.01 Å². The average molecular weight is 358 g/mol. The van der Waals surface area contributed by atoms with Gasteiger partial charge in [-0.1, -0.05) is 18.2 Å². The van der Waals surface area contributed by atoms with Gasteiger partial charge in [0, 0.05) is 17.7 Å². The molecule has 0 saturated carbocycles. The molecule has 1 atom stereocenters. The van der Waals surface area contributed by atoms with Crippen molar-refractivity contribution in [1.29, 1.82) is 0 Å². The molecule has 2 aromatic rings. The minimum absolute atomic E-state index is 0.0183. The summed E-state index contributed by atoms with van der Waals surface area (Å²) in [5.74, 6) is -0.616. The van der Waals surface area contributed by atoms with Gasteiger partial charge in [-0.2, -0.15) is 5.10 Å². The third-order valence-electron chi connectivity index (χ3n) is 3.98. The first-order valence-electron chi connectivity index (χ1n) is 8.09. The maximum Gasteiger partial charge on any atom is 0.332 e. The predicted octanol–water partition coefficient (Wildman–Crippen LogP) is 4.16. The lowest BCUT2D eigenvalue weighted by atomic mass is 9.94. The highest BCUT2D eigenvalue weighted by molar-refractivity contribution is 7.12. The second kappa shape index (κ2) is 7.61. The molecule has 0 saturated heterocycles. The lowest BCUT2D eigenvalue weighted by Gasteiger charge is -2.16. The van der Waals surface area contributed by atoms with Crippen molar-refractivity contribution >= 4 is 23.0 Å². The molecule has 2 heterocycles. The Bertz CT molecular complexity index is 797. The van der Waals surface area contributed by atoms with E-state index in [-0.39, 0.29) is 17.7 Å². The van der Waals surface area contributed by atoms with Gasteiger partial charge in [0.1, 0.15) is 5.82 Å². The fourth-order valence-corrected chi connectivity index (χ4v) is 3.52. The first-order valence-corrected chi connectivity index (χ1v) is 8.97. The number of hydrazone groups is 1. The topological polar surface area (TPSA) is 41.9 Å². The molecule has 1 aromatic carbocycles. The van der Waals surface area contributed by atoms with E-state index >= 15 is 0 Å². The molecular formula is C19H19FN2O2S. The molecule has 25 heavy (non-hydrogen) atoms. The van der Waals surface area contributed by atoms with Crippen molar-refractivity contribution in [3.63, 3.8) is 0 Å². The average Bonchev–Trinajstić information content (AvgIpc) is 3.25. The Labute approximate surface area is 150 Å². The first kappa shape index (κ1) is 17.4. The smallest absolute Gasteiger partial charge is 0.332 e. The van der Waals surface area contributed by atoms with Gasteiger partial charge in [-0.25, -0.2) is 9.18 Å². The largest absolute Gasteiger partial charge is 0.463 e. The molecule has 4 nitrogen and oxygen atoms in total. The molecular weight excluding hydrogens is 339 g/mol. The lowest BCUT2D eigenvalue weighted by molar-refractivity contribution is -0.137. The van der Waals surface area contributed by atoms with Gasteiger partial charge in [-0.3, -0.25) is 5.01 Å². The number of rotatable bonds is 5. The second-order valence-corrected chi connectivity index (χ2v) is 6.63. The molecule has 1 aliphatic rings. The van der Waals surface area contributed by atoms with E-state index in [1.165, 1.54) is 18.2 Å². The summed E-state index contributed by atoms with van der Waals surface area (Å²) in [7, 11) is 0. The molecule has 0 fully saturated rings. The highest BCUT2D eigenvalue weighted by Gasteiger charge is 2.30. The van der Waals surface area contributed by atoms with Crippen molar-refractivity contribution in [2.45, 2.75) is 19.8 Å². The molecule has 0 unspecified atom stereocenters. The number of allylic oxidation sites excluding steroid dienone is 1. The van der Waals surface area contributed by atoms with Crippen molar-refractivity contribution in [2.24, 2.45) is 5.10 Å². The van der Waals surface area contributed by atoms with Crippen LogP contribution in [0, 0.1) is 5.82 Å². The van der Waals surface area contributed by atoms with Crippen LogP contribution in [0.5, 0.6) is 0 Å². The molecule has 6 heteroatoms. The van der Waals surface area contributed by atoms with Gasteiger partial charge >= 0.3 is 5.97 Å². The Hall–Kier alpha value is -2.47. The van der Waals surface area contributed by atoms with Crippen LogP contribution in [0.2, 0.25) is 0 Å². The molecule has 0 spiro atoms. The molecule has 0 radical (unpaired) electrons. The van der Waals surface area contributed by atoms with E-state index in [0.29, 0.717) is 13.2 Å². The number of carbonyl (C=O) groups is 1. The molecule has 3 rings (SSSR count). The number of esters is 1. The van der Waals surface area contributed by atoms with Gasteiger partial charge in [-0.05, 0) is 43.0 Å². The van der Waals surface area contributed by atoms with Crippen LogP contribution in [0.3, 0.4) is 0 Å². The minimum Gasteiger partial charge on any atom is -0.463 e. The summed E-state index contributed by atoms with van der Waals surface area (Å²) >= 11 is 1.61. The Morgan fingerprint density at radius 3 is 2.80 bits per heavy atom. The molecule has 1 aromatic heterocycles. The molecule has 0 N–H and O–H groups in total. The second-order valence-electron chi connectivity index (χ2n) is 5.69. The summed E-state index contributed by atoms with van der Waals surface area (Å²) in [6, 6.07) is 10.5. The highest BCUT2D eigenvalue weighted by atomic mass is 32.1. The number of halogens is 1. The zero-order valence-corrected chi connectivity index (χ0v) is 14.9. The van der Waals surface area contributed by atoms with E-state index in [1.807, 2.05) is 24.4 Å². The quantitative estimate of drug-likeness (QED) is 0.595. The highest BCUT2D eigenvalue weighted by Crippen LogP contribution is 2.32. The predicted molar refractivity (Wildman–Crippen MR) is 97.1 cm³/mol. The van der Waals surface area contributed by atoms with Gasteiger partial charge in [0.25, 0.3) is 0 Å². The molecule has 0 amide bonds. The normalized spacial score (nSPS) is 17.6. The number of hydrogen-bond acceptors (Lipinski definition) is 5. The van der Waals surface area contributed by atoms with Crippen LogP contribution in [0.25, 0.3) is 0 Å². The van der Waals surface area contributed by atoms with Crippen LogP contribution in [-0.2, 0) is 9.53 Å². The molecule has 0 bridgehead atoms. The number of hydrogen-bond donors (Lipinski definition) is 0. The van der Waals surface area contributed by atoms with Crippen LogP contribution in [0.4, 0.5) is 4.39 Å². The lowest BCUT2D eigenvalue weighted by Crippen LogP contribution is -2.18. The fraction of sp³-hybridized carbons (Fsp3) is 0.263. The minimum atomic E-state index is -0.377. The van der Waals surface area contributed by atoms with Crippen molar-refractivity contribution in [3.05, 3.63) is 69.8 Å². The Balaban J connectivity index is 1.91. The number of thiophene rings is 1. The third-order valence-corrected chi connectivity index (χ3v) is 4.87. The van der Waals surface area contributed by atoms with E-state index in [9.17, 15) is 9.18 Å². The van der Waals surface area contributed by atoms with Gasteiger partial charge in [0.15, 0.2) is 0 Å². The first-order chi connectivity index (χ1) is 12.1. The van der Waals surface area contributed by atoms with Gasteiger partial charge in [0.2, 0.25) is 0 Å². The van der Waals surface area contributed by atoms with Crippen LogP contribution < -0.4 is 0 Å². The summed E-state index contributed by atoms with van der Waals surface area (Å²) in [5.41, 5.74) is 2.65. The summed E-state index contributed by atoms with van der Waals surface area (Å²) in [6.07, 6.45) is 1.45. The number of benzene rings is 1. The van der Waals surface area contributed by atoms with Crippen molar-refractivity contribution < 1.29 is 13.9 Å². The SMILES string of the molecule is CCOC(=O)/C=C(/C)N1C[C@H](c2ccc(F)cc2)C(c2cccs2)=N1. The van der Waals surface area contributed by atoms with E-state index < -0.39 is 0 Å². The fourth-order valence-electron chi connectivity index (χ4n) is 2.76. The number of nitrogens with zero attached hydrogens (tertiary/aromatic N) is 2. The maximum absolute atomic E-state index is 13.3. The van der Waals surface area contributed by atoms with Gasteiger partial charge in [0.05, 0.1) is 23.7 Å². The van der Waals surface area contributed by atoms with Gasteiger partial charge in [-0.15, -0.1) is 11.3 Å². The van der Waals surface area contributed by atoms with E-state index in [0.717, 1.165) is 21.8 Å². The van der Waals surface area contributed by atoms with Gasteiger partial charge < -0.3 is 4.74 Å². The maximum atomic E-state index is 13.3. The molecule has 130 valence electrons. The molecule has 0 aliphatic carbocycles. The van der Waals surface area contributed by atoms with Crippen molar-refractivity contribution in [2.75, 3.05) is 13.2 Å². The van der Waals surface area contributed by atoms with E-state index in [1.54, 1.807) is 35.4 Å². The zero-order chi connectivity index (χ0) is 17.8. The Morgan fingerprint density at radius 2 is 2.16 bits per heavy atom. The number of carbonyl (C=O) groups excluding carboxylic acids is 1. The van der Waals surface area contributed by atoms with Crippen molar-refractivity contribution in [3.8, 4) is 0 Å². The summed E-state index contributed by atoms with van der Waals surface area (Å²) in [4.78, 5) is 12.8. The standard InChI is InChI=1S/C19H19FN2O2S/c1-3-24-18(23)11-13(2)22-12-16(14-6-8-15(20)9-7-14)19(21-22)17-5-4-10-25-17/h4-11,16H,3,12H2,1-2H3/b13-11-/t16-/m1/s1. The molecule has 1 aliphatic heterocycles. The van der Waals surface area contributed by atoms with Crippen LogP contribution >= 0.6 is 11.3 Å². The monoisotopic (exact) mass is 358 g/mol. The Kier molecular flexibility index (Phi) is 5.28. The van der Waals surface area contributed by atoms with Crippen LogP contribution in [0.15, 0.2) is 58.7 Å². The zero-order valence-electron chi connectivity index (χ0n) is 14.1.